The summed E-state index contributed by atoms with van der Waals surface area (Å²) in [6, 6.07) is 6.67. The largest absolute Gasteiger partial charge is 0.316 e. The van der Waals surface area contributed by atoms with Gasteiger partial charge in [-0.25, -0.2) is 0 Å². The summed E-state index contributed by atoms with van der Waals surface area (Å²) in [5.74, 6) is 0. The third kappa shape index (κ3) is 2.67. The van der Waals surface area contributed by atoms with Crippen LogP contribution in [0.5, 0.6) is 0 Å². The van der Waals surface area contributed by atoms with Gasteiger partial charge in [-0.05, 0) is 13.1 Å². The Hall–Kier alpha value is -1.68. The van der Waals surface area contributed by atoms with Gasteiger partial charge >= 0.3 is 0 Å². The van der Waals surface area contributed by atoms with Crippen LogP contribution in [-0.2, 0) is 0 Å². The Bertz CT molecular complexity index is 348. The number of para-hydroxylation sites is 1. The van der Waals surface area contributed by atoms with Gasteiger partial charge in [-0.15, -0.1) is 0 Å². The summed E-state index contributed by atoms with van der Waals surface area (Å²) >= 11 is 0. The predicted molar refractivity (Wildman–Crippen MR) is 56.1 cm³/mol. The van der Waals surface area contributed by atoms with Gasteiger partial charge in [-0.3, -0.25) is 10.1 Å². The van der Waals surface area contributed by atoms with Gasteiger partial charge in [0.2, 0.25) is 0 Å². The summed E-state index contributed by atoms with van der Waals surface area (Å²) in [6.45, 7) is 0.700. The van der Waals surface area contributed by atoms with E-state index in [1.165, 1.54) is 6.07 Å². The number of hydrogen-bond acceptors (Lipinski definition) is 3. The van der Waals surface area contributed by atoms with Gasteiger partial charge in [0.1, 0.15) is 0 Å². The smallest absolute Gasteiger partial charge is 0.276 e. The second kappa shape index (κ2) is 5.14. The van der Waals surface area contributed by atoms with Crippen LogP contribution in [0.15, 0.2) is 30.3 Å². The van der Waals surface area contributed by atoms with Crippen LogP contribution in [0.1, 0.15) is 5.56 Å². The molecule has 0 fully saturated rings. The van der Waals surface area contributed by atoms with Crippen LogP contribution in [0.4, 0.5) is 5.69 Å². The van der Waals surface area contributed by atoms with Crippen molar-refractivity contribution in [2.45, 2.75) is 0 Å². The van der Waals surface area contributed by atoms with E-state index in [1.54, 1.807) is 24.3 Å². The van der Waals surface area contributed by atoms with Crippen LogP contribution in [0.3, 0.4) is 0 Å². The third-order valence-electron chi connectivity index (χ3n) is 1.75. The molecule has 0 amide bonds. The maximum atomic E-state index is 10.6. The van der Waals surface area contributed by atoms with Crippen molar-refractivity contribution in [1.82, 2.24) is 5.32 Å². The molecule has 14 heavy (non-hydrogen) atoms. The van der Waals surface area contributed by atoms with Crippen LogP contribution in [0.25, 0.3) is 6.08 Å². The summed E-state index contributed by atoms with van der Waals surface area (Å²) in [5, 5.41) is 13.5. The molecule has 4 nitrogen and oxygen atoms in total. The van der Waals surface area contributed by atoms with Gasteiger partial charge in [0.25, 0.3) is 5.69 Å². The molecule has 74 valence electrons. The van der Waals surface area contributed by atoms with Gasteiger partial charge in [-0.2, -0.15) is 0 Å². The number of nitro benzene ring substituents is 1. The molecule has 4 heteroatoms. The lowest BCUT2D eigenvalue weighted by molar-refractivity contribution is -0.385. The molecule has 1 N–H and O–H groups in total. The van der Waals surface area contributed by atoms with Crippen molar-refractivity contribution < 1.29 is 4.92 Å². The highest BCUT2D eigenvalue weighted by Gasteiger charge is 2.08. The minimum absolute atomic E-state index is 0.139. The van der Waals surface area contributed by atoms with E-state index in [4.69, 9.17) is 0 Å². The van der Waals surface area contributed by atoms with Crippen molar-refractivity contribution in [3.05, 3.63) is 46.0 Å². The van der Waals surface area contributed by atoms with Gasteiger partial charge in [-0.1, -0.05) is 24.3 Å². The van der Waals surface area contributed by atoms with E-state index in [0.29, 0.717) is 12.1 Å². The minimum atomic E-state index is -0.376. The first-order chi connectivity index (χ1) is 6.75. The maximum Gasteiger partial charge on any atom is 0.276 e. The van der Waals surface area contributed by atoms with E-state index in [0.717, 1.165) is 0 Å². The van der Waals surface area contributed by atoms with Crippen LogP contribution in [0, 0.1) is 10.1 Å². The topological polar surface area (TPSA) is 55.2 Å². The second-order valence-electron chi connectivity index (χ2n) is 2.78. The SMILES string of the molecule is CNCC=Cc1ccccc1[N+](=O)[O-]. The molecule has 0 saturated carbocycles. The monoisotopic (exact) mass is 192 g/mol. The minimum Gasteiger partial charge on any atom is -0.316 e. The van der Waals surface area contributed by atoms with Crippen LogP contribution < -0.4 is 5.32 Å². The highest BCUT2D eigenvalue weighted by atomic mass is 16.6. The molecule has 0 radical (unpaired) electrons. The summed E-state index contributed by atoms with van der Waals surface area (Å²) in [6.07, 6.45) is 3.59. The van der Waals surface area contributed by atoms with E-state index in [2.05, 4.69) is 5.32 Å². The molecule has 0 aliphatic heterocycles. The number of rotatable bonds is 4. The number of benzene rings is 1. The lowest BCUT2D eigenvalue weighted by Gasteiger charge is -1.96. The van der Waals surface area contributed by atoms with Crippen molar-refractivity contribution in [2.24, 2.45) is 0 Å². The fourth-order valence-corrected chi connectivity index (χ4v) is 1.10. The second-order valence-corrected chi connectivity index (χ2v) is 2.78. The molecule has 0 aromatic heterocycles. The van der Waals surface area contributed by atoms with Gasteiger partial charge in [0.15, 0.2) is 0 Å². The van der Waals surface area contributed by atoms with Crippen molar-refractivity contribution in [2.75, 3.05) is 13.6 Å². The number of nitrogens with one attached hydrogen (secondary N) is 1. The first-order valence-electron chi connectivity index (χ1n) is 4.30. The Balaban J connectivity index is 2.90. The Morgan fingerprint density at radius 2 is 2.21 bits per heavy atom. The summed E-state index contributed by atoms with van der Waals surface area (Å²) in [5.41, 5.74) is 0.771. The standard InChI is InChI=1S/C10H12N2O2/c1-11-8-4-6-9-5-2-3-7-10(9)12(13)14/h2-7,11H,8H2,1H3. The Kier molecular flexibility index (Phi) is 3.82. The van der Waals surface area contributed by atoms with Gasteiger partial charge in [0, 0.05) is 12.6 Å². The Morgan fingerprint density at radius 3 is 2.86 bits per heavy atom. The number of nitro groups is 1. The average Bonchev–Trinajstić information content (AvgIpc) is 2.19. The van der Waals surface area contributed by atoms with Crippen molar-refractivity contribution in [3.63, 3.8) is 0 Å². The van der Waals surface area contributed by atoms with Crippen molar-refractivity contribution in [1.29, 1.82) is 0 Å². The molecule has 0 unspecified atom stereocenters. The highest BCUT2D eigenvalue weighted by molar-refractivity contribution is 5.60. The lowest BCUT2D eigenvalue weighted by Crippen LogP contribution is -2.03. The van der Waals surface area contributed by atoms with Crippen molar-refractivity contribution in [3.8, 4) is 0 Å². The molecule has 0 saturated heterocycles. The van der Waals surface area contributed by atoms with Gasteiger partial charge < -0.3 is 5.32 Å². The Morgan fingerprint density at radius 1 is 1.50 bits per heavy atom. The molecule has 0 aliphatic rings. The predicted octanol–water partition coefficient (Wildman–Crippen LogP) is 1.83. The molecule has 1 aromatic carbocycles. The van der Waals surface area contributed by atoms with E-state index in [1.807, 2.05) is 13.1 Å². The first-order valence-corrected chi connectivity index (χ1v) is 4.30. The molecule has 0 spiro atoms. The lowest BCUT2D eigenvalue weighted by atomic mass is 10.1. The van der Waals surface area contributed by atoms with Crippen LogP contribution in [-0.4, -0.2) is 18.5 Å². The Labute approximate surface area is 82.4 Å². The van der Waals surface area contributed by atoms with Crippen LogP contribution >= 0.6 is 0 Å². The third-order valence-corrected chi connectivity index (χ3v) is 1.75. The fraction of sp³-hybridized carbons (Fsp3) is 0.200. The summed E-state index contributed by atoms with van der Waals surface area (Å²) < 4.78 is 0. The molecule has 0 atom stereocenters. The van der Waals surface area contributed by atoms with E-state index in [9.17, 15) is 10.1 Å². The highest BCUT2D eigenvalue weighted by Crippen LogP contribution is 2.18. The average molecular weight is 192 g/mol. The number of nitrogens with zero attached hydrogens (tertiary/aromatic N) is 1. The molecule has 0 bridgehead atoms. The zero-order valence-electron chi connectivity index (χ0n) is 7.93. The van der Waals surface area contributed by atoms with E-state index >= 15 is 0 Å². The zero-order valence-corrected chi connectivity index (χ0v) is 7.93. The van der Waals surface area contributed by atoms with E-state index in [-0.39, 0.29) is 10.6 Å². The molecule has 1 rings (SSSR count). The summed E-state index contributed by atoms with van der Waals surface area (Å²) in [7, 11) is 1.82. The number of likely N-dealkylation sites (N-methyl/N-ethyl adjacent to an activating group) is 1. The molecule has 0 aliphatic carbocycles. The van der Waals surface area contributed by atoms with Crippen molar-refractivity contribution >= 4 is 11.8 Å². The molecule has 1 aromatic rings. The number of hydrogen-bond donors (Lipinski definition) is 1. The quantitative estimate of drug-likeness (QED) is 0.584. The van der Waals surface area contributed by atoms with E-state index < -0.39 is 0 Å². The molecular formula is C10H12N2O2. The fourth-order valence-electron chi connectivity index (χ4n) is 1.10. The maximum absolute atomic E-state index is 10.6. The molecular weight excluding hydrogens is 180 g/mol. The zero-order chi connectivity index (χ0) is 10.4. The van der Waals surface area contributed by atoms with Gasteiger partial charge in [0.05, 0.1) is 10.5 Å². The normalized spacial score (nSPS) is 10.6. The van der Waals surface area contributed by atoms with Crippen LogP contribution in [0.2, 0.25) is 0 Å². The first kappa shape index (κ1) is 10.4. The summed E-state index contributed by atoms with van der Waals surface area (Å²) in [4.78, 5) is 10.2. The molecule has 0 heterocycles.